The highest BCUT2D eigenvalue weighted by Crippen LogP contribution is 2.24. The SMILES string of the molecule is CC1CN(S(=O)(=O)c2cccs2)CC(CO)O1. The number of rotatable bonds is 3. The number of hydrogen-bond donors (Lipinski definition) is 1. The average molecular weight is 277 g/mol. The Balaban J connectivity index is 2.22. The molecule has 1 aliphatic heterocycles. The molecule has 0 aliphatic carbocycles. The minimum Gasteiger partial charge on any atom is -0.394 e. The lowest BCUT2D eigenvalue weighted by Crippen LogP contribution is -2.50. The van der Waals surface area contributed by atoms with Crippen LogP contribution in [0.4, 0.5) is 0 Å². The first kappa shape index (κ1) is 13.0. The topological polar surface area (TPSA) is 66.8 Å². The molecule has 0 spiro atoms. The second-order valence-corrected chi connectivity index (χ2v) is 7.12. The fourth-order valence-corrected chi connectivity index (χ4v) is 4.53. The van der Waals surface area contributed by atoms with Crippen LogP contribution in [0.3, 0.4) is 0 Å². The average Bonchev–Trinajstić information content (AvgIpc) is 2.82. The number of sulfonamides is 1. The van der Waals surface area contributed by atoms with E-state index >= 15 is 0 Å². The first-order valence-electron chi connectivity index (χ1n) is 5.34. The van der Waals surface area contributed by atoms with Crippen molar-refractivity contribution in [3.05, 3.63) is 17.5 Å². The van der Waals surface area contributed by atoms with Gasteiger partial charge in [-0.1, -0.05) is 6.07 Å². The van der Waals surface area contributed by atoms with E-state index in [1.807, 2.05) is 0 Å². The van der Waals surface area contributed by atoms with Crippen molar-refractivity contribution in [2.24, 2.45) is 0 Å². The van der Waals surface area contributed by atoms with Crippen LogP contribution in [0.1, 0.15) is 6.92 Å². The first-order chi connectivity index (χ1) is 8.04. The van der Waals surface area contributed by atoms with Gasteiger partial charge in [0, 0.05) is 13.1 Å². The van der Waals surface area contributed by atoms with Crippen molar-refractivity contribution in [1.82, 2.24) is 4.31 Å². The first-order valence-corrected chi connectivity index (χ1v) is 7.66. The van der Waals surface area contributed by atoms with Gasteiger partial charge in [0.1, 0.15) is 4.21 Å². The summed E-state index contributed by atoms with van der Waals surface area (Å²) < 4.78 is 31.7. The van der Waals surface area contributed by atoms with Crippen molar-refractivity contribution in [2.75, 3.05) is 19.7 Å². The summed E-state index contributed by atoms with van der Waals surface area (Å²) in [6, 6.07) is 3.30. The lowest BCUT2D eigenvalue weighted by molar-refractivity contribution is -0.0750. The van der Waals surface area contributed by atoms with E-state index in [-0.39, 0.29) is 19.3 Å². The lowest BCUT2D eigenvalue weighted by Gasteiger charge is -2.34. The summed E-state index contributed by atoms with van der Waals surface area (Å²) >= 11 is 1.20. The molecule has 0 radical (unpaired) electrons. The molecule has 0 amide bonds. The summed E-state index contributed by atoms with van der Waals surface area (Å²) in [7, 11) is -3.43. The van der Waals surface area contributed by atoms with Crippen molar-refractivity contribution >= 4 is 21.4 Å². The van der Waals surface area contributed by atoms with Gasteiger partial charge in [0.15, 0.2) is 0 Å². The predicted molar refractivity (Wildman–Crippen MR) is 64.5 cm³/mol. The maximum Gasteiger partial charge on any atom is 0.252 e. The van der Waals surface area contributed by atoms with Gasteiger partial charge in [0.2, 0.25) is 0 Å². The van der Waals surface area contributed by atoms with Crippen LogP contribution in [-0.4, -0.2) is 49.7 Å². The van der Waals surface area contributed by atoms with Gasteiger partial charge in [0.05, 0.1) is 18.8 Å². The zero-order valence-corrected chi connectivity index (χ0v) is 11.1. The Kier molecular flexibility index (Phi) is 3.84. The van der Waals surface area contributed by atoms with Crippen molar-refractivity contribution in [3.63, 3.8) is 0 Å². The van der Waals surface area contributed by atoms with Gasteiger partial charge in [-0.15, -0.1) is 11.3 Å². The third-order valence-electron chi connectivity index (χ3n) is 2.59. The van der Waals surface area contributed by atoms with Gasteiger partial charge in [-0.05, 0) is 18.4 Å². The number of nitrogens with zero attached hydrogens (tertiary/aromatic N) is 1. The summed E-state index contributed by atoms with van der Waals surface area (Å²) in [6.07, 6.45) is -0.635. The molecule has 2 heterocycles. The second kappa shape index (κ2) is 5.03. The smallest absolute Gasteiger partial charge is 0.252 e. The molecule has 5 nitrogen and oxygen atoms in total. The molecule has 1 saturated heterocycles. The number of aliphatic hydroxyl groups excluding tert-OH is 1. The molecule has 0 saturated carbocycles. The third-order valence-corrected chi connectivity index (χ3v) is 5.79. The van der Waals surface area contributed by atoms with Crippen LogP contribution in [-0.2, 0) is 14.8 Å². The number of morpholine rings is 1. The molecule has 0 aromatic carbocycles. The minimum absolute atomic E-state index is 0.166. The highest BCUT2D eigenvalue weighted by Gasteiger charge is 2.33. The van der Waals surface area contributed by atoms with E-state index in [1.165, 1.54) is 15.6 Å². The molecular formula is C10H15NO4S2. The Morgan fingerprint density at radius 1 is 1.59 bits per heavy atom. The Morgan fingerprint density at radius 3 is 2.94 bits per heavy atom. The molecule has 17 heavy (non-hydrogen) atoms. The van der Waals surface area contributed by atoms with Crippen molar-refractivity contribution in [1.29, 1.82) is 0 Å². The van der Waals surface area contributed by atoms with Gasteiger partial charge < -0.3 is 9.84 Å². The fraction of sp³-hybridized carbons (Fsp3) is 0.600. The van der Waals surface area contributed by atoms with E-state index < -0.39 is 16.1 Å². The van der Waals surface area contributed by atoms with Crippen LogP contribution < -0.4 is 0 Å². The maximum absolute atomic E-state index is 12.3. The standard InChI is InChI=1S/C10H15NO4S2/c1-8-5-11(6-9(7-12)15-8)17(13,14)10-3-2-4-16-10/h2-4,8-9,12H,5-7H2,1H3. The normalized spacial score (nSPS) is 27.2. The van der Waals surface area contributed by atoms with E-state index in [4.69, 9.17) is 9.84 Å². The maximum atomic E-state index is 12.3. The fourth-order valence-electron chi connectivity index (χ4n) is 1.84. The Labute approximate surface area is 105 Å². The van der Waals surface area contributed by atoms with Crippen molar-refractivity contribution in [2.45, 2.75) is 23.3 Å². The quantitative estimate of drug-likeness (QED) is 0.874. The van der Waals surface area contributed by atoms with E-state index in [1.54, 1.807) is 24.4 Å². The van der Waals surface area contributed by atoms with Crippen LogP contribution >= 0.6 is 11.3 Å². The molecule has 0 bridgehead atoms. The zero-order chi connectivity index (χ0) is 12.5. The molecule has 1 aliphatic rings. The lowest BCUT2D eigenvalue weighted by atomic mass is 10.2. The molecule has 2 unspecified atom stereocenters. The van der Waals surface area contributed by atoms with Gasteiger partial charge in [0.25, 0.3) is 10.0 Å². The van der Waals surface area contributed by atoms with Crippen LogP contribution in [0.15, 0.2) is 21.7 Å². The van der Waals surface area contributed by atoms with E-state index in [2.05, 4.69) is 0 Å². The molecule has 2 atom stereocenters. The highest BCUT2D eigenvalue weighted by atomic mass is 32.2. The predicted octanol–water partition coefficient (Wildman–Crippen LogP) is 0.518. The third kappa shape index (κ3) is 2.69. The highest BCUT2D eigenvalue weighted by molar-refractivity contribution is 7.91. The van der Waals surface area contributed by atoms with E-state index in [0.717, 1.165) is 0 Å². The second-order valence-electron chi connectivity index (χ2n) is 4.01. The summed E-state index contributed by atoms with van der Waals surface area (Å²) in [5, 5.41) is 10.8. The van der Waals surface area contributed by atoms with Gasteiger partial charge in [-0.2, -0.15) is 4.31 Å². The van der Waals surface area contributed by atoms with E-state index in [0.29, 0.717) is 10.8 Å². The molecule has 1 N–H and O–H groups in total. The van der Waals surface area contributed by atoms with Crippen LogP contribution in [0.25, 0.3) is 0 Å². The molecule has 96 valence electrons. The van der Waals surface area contributed by atoms with Gasteiger partial charge >= 0.3 is 0 Å². The summed E-state index contributed by atoms with van der Waals surface area (Å²) in [5.74, 6) is 0. The number of ether oxygens (including phenoxy) is 1. The van der Waals surface area contributed by atoms with E-state index in [9.17, 15) is 8.42 Å². The van der Waals surface area contributed by atoms with Crippen LogP contribution in [0.5, 0.6) is 0 Å². The molecule has 1 aromatic heterocycles. The number of aliphatic hydroxyl groups is 1. The summed E-state index contributed by atoms with van der Waals surface area (Å²) in [6.45, 7) is 2.18. The van der Waals surface area contributed by atoms with Crippen molar-refractivity contribution in [3.8, 4) is 0 Å². The molecule has 7 heteroatoms. The number of hydrogen-bond acceptors (Lipinski definition) is 5. The van der Waals surface area contributed by atoms with Crippen LogP contribution in [0, 0.1) is 0 Å². The summed E-state index contributed by atoms with van der Waals surface area (Å²) in [5.41, 5.74) is 0. The minimum atomic E-state index is -3.43. The van der Waals surface area contributed by atoms with Crippen molar-refractivity contribution < 1.29 is 18.3 Å². The van der Waals surface area contributed by atoms with Gasteiger partial charge in [-0.25, -0.2) is 8.42 Å². The zero-order valence-electron chi connectivity index (χ0n) is 9.44. The van der Waals surface area contributed by atoms with Crippen LogP contribution in [0.2, 0.25) is 0 Å². The molecule has 1 aromatic rings. The molecule has 2 rings (SSSR count). The number of thiophene rings is 1. The Hall–Kier alpha value is -0.470. The molecular weight excluding hydrogens is 262 g/mol. The summed E-state index contributed by atoms with van der Waals surface area (Å²) in [4.78, 5) is 0. The monoisotopic (exact) mass is 277 g/mol. The Morgan fingerprint density at radius 2 is 2.35 bits per heavy atom. The molecule has 1 fully saturated rings. The van der Waals surface area contributed by atoms with Gasteiger partial charge in [-0.3, -0.25) is 0 Å². The Bertz CT molecular complexity index is 457. The largest absolute Gasteiger partial charge is 0.394 e.